The van der Waals surface area contributed by atoms with Gasteiger partial charge in [0.15, 0.2) is 0 Å². The topological polar surface area (TPSA) is 97.2 Å². The van der Waals surface area contributed by atoms with Gasteiger partial charge in [-0.1, -0.05) is 44.2 Å². The Hall–Kier alpha value is -2.00. The lowest BCUT2D eigenvalue weighted by Gasteiger charge is -2.31. The number of rotatable bonds is 6. The van der Waals surface area contributed by atoms with E-state index >= 15 is 0 Å². The van der Waals surface area contributed by atoms with Gasteiger partial charge < -0.3 is 5.32 Å². The predicted molar refractivity (Wildman–Crippen MR) is 128 cm³/mol. The first kappa shape index (κ1) is 24.1. The highest BCUT2D eigenvalue weighted by molar-refractivity contribution is 7.89. The van der Waals surface area contributed by atoms with Gasteiger partial charge in [-0.25, -0.2) is 13.1 Å². The number of piperidine rings is 1. The number of nitrogens with one attached hydrogen (secondary N) is 1. The third-order valence-electron chi connectivity index (χ3n) is 7.36. The summed E-state index contributed by atoms with van der Waals surface area (Å²) < 4.78 is 29.9. The lowest BCUT2D eigenvalue weighted by molar-refractivity contribution is -0.127. The van der Waals surface area contributed by atoms with E-state index in [1.165, 1.54) is 36.4 Å². The molecule has 0 spiro atoms. The van der Waals surface area contributed by atoms with Gasteiger partial charge in [-0.15, -0.1) is 5.10 Å². The summed E-state index contributed by atoms with van der Waals surface area (Å²) in [5, 5.41) is 11.6. The SMILES string of the molecule is CC[C@@H](C)n1nnc2cc(S(=O)(=O)N3CCC(C(=O)NC4CCCCCCC4)CC3)ccc21. The largest absolute Gasteiger partial charge is 0.353 e. The standard InChI is InChI=1S/C24H37N5O3S/c1-3-18(2)29-23-12-11-21(17-22(23)26-27-29)33(31,32)28-15-13-19(14-16-28)24(30)25-20-9-7-5-4-6-8-10-20/h11-12,17-20H,3-10,13-16H2,1-2H3,(H,25,30)/t18-/m1/s1. The molecule has 1 saturated heterocycles. The van der Waals surface area contributed by atoms with Gasteiger partial charge in [-0.05, 0) is 57.2 Å². The first-order chi connectivity index (χ1) is 15.9. The van der Waals surface area contributed by atoms with E-state index in [4.69, 9.17) is 0 Å². The van der Waals surface area contributed by atoms with E-state index in [2.05, 4.69) is 29.5 Å². The molecule has 1 amide bonds. The Kier molecular flexibility index (Phi) is 7.69. The molecule has 2 fully saturated rings. The van der Waals surface area contributed by atoms with Crippen molar-refractivity contribution in [1.82, 2.24) is 24.6 Å². The normalized spacial score (nSPS) is 20.9. The Morgan fingerprint density at radius 2 is 1.76 bits per heavy atom. The fourth-order valence-corrected chi connectivity index (χ4v) is 6.50. The predicted octanol–water partition coefficient (Wildman–Crippen LogP) is 4.03. The molecule has 2 heterocycles. The number of hydrogen-bond acceptors (Lipinski definition) is 5. The number of amides is 1. The number of benzene rings is 1. The van der Waals surface area contributed by atoms with Crippen molar-refractivity contribution >= 4 is 27.0 Å². The number of sulfonamides is 1. The number of fused-ring (bicyclic) bond motifs is 1. The molecular weight excluding hydrogens is 438 g/mol. The van der Waals surface area contributed by atoms with Crippen molar-refractivity contribution < 1.29 is 13.2 Å². The lowest BCUT2D eigenvalue weighted by Crippen LogP contribution is -2.45. The summed E-state index contributed by atoms with van der Waals surface area (Å²) in [7, 11) is -3.63. The Labute approximate surface area is 197 Å². The summed E-state index contributed by atoms with van der Waals surface area (Å²) >= 11 is 0. The van der Waals surface area contributed by atoms with Gasteiger partial charge in [0.05, 0.1) is 16.5 Å². The summed E-state index contributed by atoms with van der Waals surface area (Å²) in [4.78, 5) is 13.1. The van der Waals surface area contributed by atoms with Crippen molar-refractivity contribution in [3.8, 4) is 0 Å². The quantitative estimate of drug-likeness (QED) is 0.680. The summed E-state index contributed by atoms with van der Waals surface area (Å²) in [5.41, 5.74) is 1.43. The Morgan fingerprint density at radius 3 is 2.42 bits per heavy atom. The molecule has 1 N–H and O–H groups in total. The molecule has 1 aliphatic carbocycles. The maximum absolute atomic E-state index is 13.3. The van der Waals surface area contributed by atoms with Gasteiger partial charge in [0.2, 0.25) is 15.9 Å². The van der Waals surface area contributed by atoms with Crippen molar-refractivity contribution in [2.24, 2.45) is 5.92 Å². The molecule has 1 aromatic heterocycles. The van der Waals surface area contributed by atoms with Crippen LogP contribution in [-0.2, 0) is 14.8 Å². The molecular formula is C24H37N5O3S. The van der Waals surface area contributed by atoms with Crippen molar-refractivity contribution in [3.63, 3.8) is 0 Å². The molecule has 9 heteroatoms. The van der Waals surface area contributed by atoms with E-state index < -0.39 is 10.0 Å². The number of hydrogen-bond donors (Lipinski definition) is 1. The maximum atomic E-state index is 13.3. The van der Waals surface area contributed by atoms with Crippen LogP contribution in [0.3, 0.4) is 0 Å². The molecule has 0 bridgehead atoms. The monoisotopic (exact) mass is 475 g/mol. The molecule has 8 nitrogen and oxygen atoms in total. The third-order valence-corrected chi connectivity index (χ3v) is 9.26. The molecule has 182 valence electrons. The van der Waals surface area contributed by atoms with Crippen molar-refractivity contribution in [1.29, 1.82) is 0 Å². The molecule has 33 heavy (non-hydrogen) atoms. The van der Waals surface area contributed by atoms with E-state index in [0.29, 0.717) is 31.4 Å². The van der Waals surface area contributed by atoms with Gasteiger partial charge >= 0.3 is 0 Å². The second kappa shape index (κ2) is 10.5. The van der Waals surface area contributed by atoms with Crippen LogP contribution in [0.25, 0.3) is 11.0 Å². The second-order valence-corrected chi connectivity index (χ2v) is 11.6. The van der Waals surface area contributed by atoms with Gasteiger partial charge in [0, 0.05) is 25.0 Å². The van der Waals surface area contributed by atoms with Crippen molar-refractivity contribution in [3.05, 3.63) is 18.2 Å². The minimum Gasteiger partial charge on any atom is -0.353 e. The number of carbonyl (C=O) groups is 1. The lowest BCUT2D eigenvalue weighted by atomic mass is 9.94. The van der Waals surface area contributed by atoms with Crippen LogP contribution >= 0.6 is 0 Å². The van der Waals surface area contributed by atoms with Gasteiger partial charge in [-0.3, -0.25) is 4.79 Å². The second-order valence-electron chi connectivity index (χ2n) is 9.67. The fourth-order valence-electron chi connectivity index (χ4n) is 5.01. The summed E-state index contributed by atoms with van der Waals surface area (Å²) in [6.45, 7) is 4.88. The minimum atomic E-state index is -3.63. The van der Waals surface area contributed by atoms with Crippen LogP contribution in [0.4, 0.5) is 0 Å². The van der Waals surface area contributed by atoms with Crippen molar-refractivity contribution in [2.75, 3.05) is 13.1 Å². The maximum Gasteiger partial charge on any atom is 0.243 e. The highest BCUT2D eigenvalue weighted by Crippen LogP contribution is 2.27. The Balaban J connectivity index is 1.38. The summed E-state index contributed by atoms with van der Waals surface area (Å²) in [6.07, 6.45) is 10.3. The van der Waals surface area contributed by atoms with E-state index in [1.54, 1.807) is 18.2 Å². The van der Waals surface area contributed by atoms with Crippen LogP contribution in [0.2, 0.25) is 0 Å². The van der Waals surface area contributed by atoms with Gasteiger partial charge in [0.25, 0.3) is 0 Å². The zero-order chi connectivity index (χ0) is 23.4. The molecule has 2 aliphatic rings. The third kappa shape index (κ3) is 5.40. The molecule has 1 aliphatic heterocycles. The van der Waals surface area contributed by atoms with E-state index in [0.717, 1.165) is 24.8 Å². The molecule has 1 atom stereocenters. The van der Waals surface area contributed by atoms with Gasteiger partial charge in [-0.2, -0.15) is 4.31 Å². The number of nitrogens with zero attached hydrogens (tertiary/aromatic N) is 4. The summed E-state index contributed by atoms with van der Waals surface area (Å²) in [6, 6.07) is 5.53. The van der Waals surface area contributed by atoms with Crippen LogP contribution in [0.1, 0.15) is 84.1 Å². The molecule has 0 radical (unpaired) electrons. The van der Waals surface area contributed by atoms with Crippen LogP contribution in [0.15, 0.2) is 23.1 Å². The van der Waals surface area contributed by atoms with Crippen molar-refractivity contribution in [2.45, 2.75) is 95.0 Å². The van der Waals surface area contributed by atoms with Crippen LogP contribution in [-0.4, -0.2) is 52.8 Å². The van der Waals surface area contributed by atoms with Crippen LogP contribution in [0.5, 0.6) is 0 Å². The fraction of sp³-hybridized carbons (Fsp3) is 0.708. The average molecular weight is 476 g/mol. The first-order valence-corrected chi connectivity index (χ1v) is 14.0. The first-order valence-electron chi connectivity index (χ1n) is 12.6. The number of aromatic nitrogens is 3. The minimum absolute atomic E-state index is 0.0979. The Morgan fingerprint density at radius 1 is 1.09 bits per heavy atom. The van der Waals surface area contributed by atoms with Crippen LogP contribution in [0, 0.1) is 5.92 Å². The molecule has 1 saturated carbocycles. The van der Waals surface area contributed by atoms with Gasteiger partial charge in [0.1, 0.15) is 5.52 Å². The Bertz CT molecular complexity index is 1050. The zero-order valence-corrected chi connectivity index (χ0v) is 20.7. The zero-order valence-electron chi connectivity index (χ0n) is 19.9. The van der Waals surface area contributed by atoms with Crippen LogP contribution < -0.4 is 5.32 Å². The summed E-state index contributed by atoms with van der Waals surface area (Å²) in [5.74, 6) is -0.0134. The highest BCUT2D eigenvalue weighted by Gasteiger charge is 2.33. The molecule has 0 unspecified atom stereocenters. The van der Waals surface area contributed by atoms with E-state index in [9.17, 15) is 13.2 Å². The van der Waals surface area contributed by atoms with E-state index in [-0.39, 0.29) is 28.8 Å². The molecule has 1 aromatic carbocycles. The molecule has 2 aromatic rings. The highest BCUT2D eigenvalue weighted by atomic mass is 32.2. The molecule has 4 rings (SSSR count). The van der Waals surface area contributed by atoms with E-state index in [1.807, 2.05) is 4.68 Å². The number of carbonyl (C=O) groups excluding carboxylic acids is 1. The smallest absolute Gasteiger partial charge is 0.243 e. The average Bonchev–Trinajstić information content (AvgIpc) is 3.23.